The van der Waals surface area contributed by atoms with E-state index in [2.05, 4.69) is 84.0 Å². The van der Waals surface area contributed by atoms with Crippen LogP contribution in [0.3, 0.4) is 0 Å². The van der Waals surface area contributed by atoms with E-state index in [4.69, 9.17) is 4.74 Å². The number of rotatable bonds is 7. The molecule has 0 saturated carbocycles. The van der Waals surface area contributed by atoms with Crippen molar-refractivity contribution in [2.45, 2.75) is 45.1 Å². The van der Waals surface area contributed by atoms with Gasteiger partial charge in [-0.3, -0.25) is 0 Å². The second-order valence-electron chi connectivity index (χ2n) is 12.1. The molecule has 48 heavy (non-hydrogen) atoms. The van der Waals surface area contributed by atoms with Crippen LogP contribution in [0.15, 0.2) is 109 Å². The molecule has 2 aliphatic heterocycles. The molecule has 0 radical (unpaired) electrons. The molecule has 254 valence electrons. The zero-order chi connectivity index (χ0) is 33.7. The van der Waals surface area contributed by atoms with E-state index in [1.807, 2.05) is 42.5 Å². The van der Waals surface area contributed by atoms with Crippen LogP contribution < -0.4 is 14.3 Å². The third-order valence-electron chi connectivity index (χ3n) is 8.33. The van der Waals surface area contributed by atoms with E-state index in [0.717, 1.165) is 18.7 Å². The molecule has 4 aromatic carbocycles. The minimum absolute atomic E-state index is 0. The second kappa shape index (κ2) is 15.0. The Kier molecular flexibility index (Phi) is 11.5. The summed E-state index contributed by atoms with van der Waals surface area (Å²) in [5, 5.41) is 0. The van der Waals surface area contributed by atoms with Crippen molar-refractivity contribution in [3.8, 4) is 5.75 Å². The number of carbonyl (C=O) groups is 1. The maximum atomic E-state index is 12.7. The van der Waals surface area contributed by atoms with Crippen molar-refractivity contribution in [1.29, 1.82) is 0 Å². The Balaban J connectivity index is 0.000000682. The van der Waals surface area contributed by atoms with Crippen molar-refractivity contribution < 1.29 is 32.9 Å². The molecule has 2 heterocycles. The van der Waals surface area contributed by atoms with Crippen LogP contribution in [0.5, 0.6) is 5.75 Å². The summed E-state index contributed by atoms with van der Waals surface area (Å²) in [5.74, 6) is 0.196. The number of para-hydroxylation sites is 2. The molecule has 0 unspecified atom stereocenters. The summed E-state index contributed by atoms with van der Waals surface area (Å²) in [7, 11) is 0. The number of hydrogen-bond acceptors (Lipinski definition) is 3. The third-order valence-corrected chi connectivity index (χ3v) is 8.33. The first-order valence-electron chi connectivity index (χ1n) is 15.5. The van der Waals surface area contributed by atoms with Crippen molar-refractivity contribution in [2.24, 2.45) is 0 Å². The van der Waals surface area contributed by atoms with Gasteiger partial charge in [0.1, 0.15) is 5.75 Å². The summed E-state index contributed by atoms with van der Waals surface area (Å²) < 4.78 is 57.5. The number of benzene rings is 4. The summed E-state index contributed by atoms with van der Waals surface area (Å²) in [6, 6.07) is 34.6. The molecule has 0 amide bonds. The van der Waals surface area contributed by atoms with Crippen LogP contribution in [0, 0.1) is 0 Å². The van der Waals surface area contributed by atoms with Crippen molar-refractivity contribution in [3.63, 3.8) is 0 Å². The number of ether oxygens (including phenoxy) is 1. The van der Waals surface area contributed by atoms with Gasteiger partial charge in [0.05, 0.1) is 11.0 Å². The molecule has 0 atom stereocenters. The number of anilines is 1. The number of fused-ring (bicyclic) bond motifs is 1. The van der Waals surface area contributed by atoms with E-state index >= 15 is 0 Å². The van der Waals surface area contributed by atoms with Gasteiger partial charge in [-0.2, -0.15) is 4.58 Å². The van der Waals surface area contributed by atoms with E-state index in [0.29, 0.717) is 17.9 Å². The van der Waals surface area contributed by atoms with Crippen LogP contribution in [0.25, 0.3) is 6.08 Å². The van der Waals surface area contributed by atoms with E-state index in [9.17, 15) is 18.9 Å². The summed E-state index contributed by atoms with van der Waals surface area (Å²) in [4.78, 5) is 15.1. The van der Waals surface area contributed by atoms with E-state index < -0.39 is 20.3 Å². The van der Waals surface area contributed by atoms with Crippen molar-refractivity contribution in [1.82, 2.24) is 0 Å². The van der Waals surface area contributed by atoms with Gasteiger partial charge in [0.25, 0.3) is 0 Å². The Morgan fingerprint density at radius 2 is 1.38 bits per heavy atom. The molecular weight excluding hydrogens is 740 g/mol. The summed E-state index contributed by atoms with van der Waals surface area (Å²) in [6.07, 6.45) is 8.42. The minimum atomic E-state index is -9.19. The predicted molar refractivity (Wildman–Crippen MR) is 179 cm³/mol. The molecule has 4 aromatic rings. The van der Waals surface area contributed by atoms with Crippen LogP contribution in [0.1, 0.15) is 60.2 Å². The van der Waals surface area contributed by atoms with Crippen molar-refractivity contribution in [3.05, 3.63) is 131 Å². The van der Waals surface area contributed by atoms with Gasteiger partial charge in [-0.25, -0.2) is 4.79 Å². The Bertz CT molecular complexity index is 1740. The molecule has 0 aromatic heterocycles. The van der Waals surface area contributed by atoms with Gasteiger partial charge in [0, 0.05) is 42.0 Å². The Morgan fingerprint density at radius 3 is 2.00 bits per heavy atom. The van der Waals surface area contributed by atoms with Crippen molar-refractivity contribution in [2.75, 3.05) is 18.0 Å². The first-order valence-corrected chi connectivity index (χ1v) is 20.3. The standard InChI is InChI=1S/C37H37N2O2.6FH.Sb/c1-37(2)33-13-7-8-14-34(33)39(27-29-15-20-30(21-16-29)36(40)41-32-11-5-3-6-12-32)35(37)24-19-28-17-22-31(23-18-28)38-25-9-4-10-26-38;;;;;;;/h3,5-8,11-24H,4,9-10,25-27H2,1-2H3;6*1H;/q+1;;;;;;;+5/p-6. The number of allylic oxidation sites excluding steroid dienone is 1. The topological polar surface area (TPSA) is 32.5 Å². The van der Waals surface area contributed by atoms with Crippen LogP contribution in [0.2, 0.25) is 0 Å². The number of carbonyl (C=O) groups excluding carboxylic acids is 1. The molecule has 2 aliphatic rings. The molecule has 0 N–H and O–H groups in total. The summed E-state index contributed by atoms with van der Waals surface area (Å²) >= 11 is -9.19. The van der Waals surface area contributed by atoms with Gasteiger partial charge in [-0.05, 0) is 81.1 Å². The zero-order valence-electron chi connectivity index (χ0n) is 26.6. The Hall–Kier alpha value is -4.04. The Labute approximate surface area is 281 Å². The maximum absolute atomic E-state index is 12.7. The van der Waals surface area contributed by atoms with Gasteiger partial charge in [0.15, 0.2) is 12.3 Å². The fraction of sp³-hybridized carbons (Fsp3) is 0.243. The number of hydrogen-bond donors (Lipinski definition) is 0. The summed E-state index contributed by atoms with van der Waals surface area (Å²) in [6.45, 7) is 7.62. The quantitative estimate of drug-likeness (QED) is 0.0673. The van der Waals surface area contributed by atoms with Gasteiger partial charge in [0.2, 0.25) is 5.69 Å². The second-order valence-corrected chi connectivity index (χ2v) is 15.8. The zero-order valence-corrected chi connectivity index (χ0v) is 29.2. The average Bonchev–Trinajstić information content (AvgIpc) is 3.25. The molecule has 4 nitrogen and oxygen atoms in total. The van der Waals surface area contributed by atoms with Crippen LogP contribution in [-0.2, 0) is 12.0 Å². The number of piperidine rings is 1. The first kappa shape index (κ1) is 36.8. The first-order chi connectivity index (χ1) is 22.2. The predicted octanol–water partition coefficient (Wildman–Crippen LogP) is 6.91. The molecule has 0 aliphatic carbocycles. The van der Waals surface area contributed by atoms with E-state index in [-0.39, 0.29) is 16.1 Å². The SMILES string of the molecule is CC1(C)C(/C=C/c2ccc(N3CCCCC3)cc2)=[N+](Cc2ccc(C(=O)Oc3ccccc3)cc2)c2ccccc21.[F-].[F][Sb]([F])([F])([F])[F]. The monoisotopic (exact) mass is 776 g/mol. The van der Waals surface area contributed by atoms with Gasteiger partial charge >= 0.3 is 40.3 Å². The van der Waals surface area contributed by atoms with Gasteiger partial charge < -0.3 is 14.3 Å². The third kappa shape index (κ3) is 9.99. The molecule has 6 rings (SSSR count). The average molecular weight is 777 g/mol. The van der Waals surface area contributed by atoms with Gasteiger partial charge in [-0.1, -0.05) is 60.7 Å². The van der Waals surface area contributed by atoms with Crippen LogP contribution in [0.4, 0.5) is 25.4 Å². The molecule has 1 saturated heterocycles. The fourth-order valence-corrected chi connectivity index (χ4v) is 6.02. The molecule has 0 spiro atoms. The van der Waals surface area contributed by atoms with Crippen LogP contribution >= 0.6 is 0 Å². The fourth-order valence-electron chi connectivity index (χ4n) is 6.02. The van der Waals surface area contributed by atoms with Crippen molar-refractivity contribution >= 4 is 49.4 Å². The number of halogens is 6. The molecule has 1 fully saturated rings. The van der Waals surface area contributed by atoms with E-state index in [1.54, 1.807) is 12.1 Å². The summed E-state index contributed by atoms with van der Waals surface area (Å²) in [5.41, 5.74) is 7.86. The Morgan fingerprint density at radius 1 is 0.792 bits per heavy atom. The normalized spacial score (nSPS) is 16.2. The molecule has 0 bridgehead atoms. The van der Waals surface area contributed by atoms with Crippen LogP contribution in [-0.4, -0.2) is 49.6 Å². The van der Waals surface area contributed by atoms with Gasteiger partial charge in [-0.15, -0.1) is 0 Å². The van der Waals surface area contributed by atoms with E-state index in [1.165, 1.54) is 47.5 Å². The molecule has 11 heteroatoms. The number of nitrogens with zero attached hydrogens (tertiary/aromatic N) is 2. The number of esters is 1. The molecular formula is C37H37F6N2O2Sb.